The van der Waals surface area contributed by atoms with Crippen molar-refractivity contribution in [3.63, 3.8) is 0 Å². The van der Waals surface area contributed by atoms with Crippen LogP contribution in [0.3, 0.4) is 0 Å². The fraction of sp³-hybridized carbons (Fsp3) is 0.353. The largest absolute Gasteiger partial charge is 0.295 e. The topological polar surface area (TPSA) is 46.5 Å². The normalized spacial score (nSPS) is 14.3. The number of aliphatic imine (C=N–C) groups is 1. The lowest BCUT2D eigenvalue weighted by atomic mass is 10.0. The minimum atomic E-state index is -0.0196. The highest BCUT2D eigenvalue weighted by molar-refractivity contribution is 7.78. The van der Waals surface area contributed by atoms with Crippen LogP contribution in [0.4, 0.5) is 0 Å². The van der Waals surface area contributed by atoms with E-state index >= 15 is 0 Å². The molecule has 21 heavy (non-hydrogen) atoms. The van der Waals surface area contributed by atoms with Crippen LogP contribution < -0.4 is 0 Å². The molecule has 0 aromatic heterocycles. The monoisotopic (exact) mass is 303 g/mol. The van der Waals surface area contributed by atoms with Crippen molar-refractivity contribution < 1.29 is 9.59 Å². The van der Waals surface area contributed by atoms with Gasteiger partial charge in [-0.1, -0.05) is 12.2 Å². The Balaban J connectivity index is 5.78. The molecule has 0 spiro atoms. The molecule has 0 aromatic rings. The molecule has 0 rings (SSSR count). The lowest BCUT2D eigenvalue weighted by Gasteiger charge is -2.05. The van der Waals surface area contributed by atoms with Crippen LogP contribution in [0.25, 0.3) is 0 Å². The first-order valence-corrected chi connectivity index (χ1v) is 6.96. The number of carbonyl (C=O) groups is 2. The van der Waals surface area contributed by atoms with E-state index in [9.17, 15) is 9.59 Å². The van der Waals surface area contributed by atoms with Gasteiger partial charge >= 0.3 is 0 Å². The number of thiocarbonyl (C=S) groups is 1. The number of carbonyl (C=O) groups excluding carboxylic acids is 2. The molecule has 0 unspecified atom stereocenters. The molecule has 0 aromatic carbocycles. The summed E-state index contributed by atoms with van der Waals surface area (Å²) in [6.07, 6.45) is 5.30. The van der Waals surface area contributed by atoms with Crippen molar-refractivity contribution in [2.24, 2.45) is 4.99 Å². The summed E-state index contributed by atoms with van der Waals surface area (Å²) in [4.78, 5) is 26.5. The molecular weight excluding hydrogens is 282 g/mol. The summed E-state index contributed by atoms with van der Waals surface area (Å²) >= 11 is 4.65. The molecule has 0 atom stereocenters. The Morgan fingerprint density at radius 1 is 0.857 bits per heavy atom. The summed E-state index contributed by atoms with van der Waals surface area (Å²) in [6, 6.07) is 0. The number of rotatable bonds is 6. The van der Waals surface area contributed by atoms with Crippen LogP contribution in [-0.2, 0) is 9.59 Å². The molecule has 0 fully saturated rings. The highest BCUT2D eigenvalue weighted by Gasteiger charge is 2.04. The standard InChI is InChI=1S/C17H21NO2S/c1-11(7-8-12(2)15(5)19)14(4)17(18-10-21)9-13(3)16(6)20/h7-9H,1-6H3. The van der Waals surface area contributed by atoms with Gasteiger partial charge in [0.1, 0.15) is 0 Å². The summed E-state index contributed by atoms with van der Waals surface area (Å²) in [5.74, 6) is 0.0129. The van der Waals surface area contributed by atoms with E-state index in [0.29, 0.717) is 16.8 Å². The van der Waals surface area contributed by atoms with Gasteiger partial charge in [0.15, 0.2) is 11.6 Å². The Bertz CT molecular complexity index is 613. The van der Waals surface area contributed by atoms with Gasteiger partial charge < -0.3 is 0 Å². The lowest BCUT2D eigenvalue weighted by Crippen LogP contribution is -1.94. The van der Waals surface area contributed by atoms with Crippen LogP contribution in [-0.4, -0.2) is 16.7 Å². The summed E-state index contributed by atoms with van der Waals surface area (Å²) < 4.78 is 0. The molecule has 112 valence electrons. The van der Waals surface area contributed by atoms with Gasteiger partial charge in [-0.05, 0) is 82.1 Å². The van der Waals surface area contributed by atoms with E-state index in [1.807, 2.05) is 19.9 Å². The second-order valence-corrected chi connectivity index (χ2v) is 5.03. The Labute approximate surface area is 131 Å². The third-order valence-electron chi connectivity index (χ3n) is 3.19. The number of isothiocyanates is 1. The van der Waals surface area contributed by atoms with Crippen LogP contribution in [0.5, 0.6) is 0 Å². The van der Waals surface area contributed by atoms with Crippen LogP contribution >= 0.6 is 12.2 Å². The molecule has 4 heteroatoms. The number of nitrogens with zero attached hydrogens (tertiary/aromatic N) is 1. The van der Waals surface area contributed by atoms with Crippen molar-refractivity contribution in [3.05, 3.63) is 46.2 Å². The maximum atomic E-state index is 11.3. The van der Waals surface area contributed by atoms with Gasteiger partial charge in [-0.25, -0.2) is 0 Å². The first kappa shape index (κ1) is 19.1. The Morgan fingerprint density at radius 3 is 1.76 bits per heavy atom. The molecule has 0 aliphatic heterocycles. The second kappa shape index (κ2) is 9.11. The summed E-state index contributed by atoms with van der Waals surface area (Å²) in [5.41, 5.74) is 3.69. The predicted octanol–water partition coefficient (Wildman–Crippen LogP) is 4.38. The van der Waals surface area contributed by atoms with Gasteiger partial charge in [0.25, 0.3) is 0 Å². The second-order valence-electron chi connectivity index (χ2n) is 4.85. The number of allylic oxidation sites excluding steroid dienone is 7. The number of hydrogen-bond donors (Lipinski definition) is 0. The van der Waals surface area contributed by atoms with E-state index in [1.165, 1.54) is 13.8 Å². The van der Waals surface area contributed by atoms with E-state index in [-0.39, 0.29) is 11.6 Å². The number of ketones is 2. The van der Waals surface area contributed by atoms with Crippen molar-refractivity contribution in [1.82, 2.24) is 0 Å². The van der Waals surface area contributed by atoms with Crippen molar-refractivity contribution in [1.29, 1.82) is 0 Å². The summed E-state index contributed by atoms with van der Waals surface area (Å²) in [6.45, 7) is 10.3. The number of Topliss-reactive ketones (excluding diaryl/α,β-unsaturated/α-hetero) is 2. The minimum Gasteiger partial charge on any atom is -0.295 e. The molecule has 0 heterocycles. The SMILES string of the molecule is CC(=O)C(C)=CC=C(C)C(C)=C(C=C(C)C(C)=O)N=C=S. The van der Waals surface area contributed by atoms with Crippen LogP contribution in [0.15, 0.2) is 51.2 Å². The van der Waals surface area contributed by atoms with Gasteiger partial charge in [-0.3, -0.25) is 9.59 Å². The van der Waals surface area contributed by atoms with E-state index in [0.717, 1.165) is 11.1 Å². The first-order chi connectivity index (χ1) is 9.70. The van der Waals surface area contributed by atoms with Crippen LogP contribution in [0, 0.1) is 0 Å². The smallest absolute Gasteiger partial charge is 0.155 e. The molecule has 0 saturated carbocycles. The summed E-state index contributed by atoms with van der Waals surface area (Å²) in [7, 11) is 0. The molecular formula is C17H21NO2S. The van der Waals surface area contributed by atoms with Crippen molar-refractivity contribution in [3.8, 4) is 0 Å². The van der Waals surface area contributed by atoms with Crippen LogP contribution in [0.2, 0.25) is 0 Å². The molecule has 3 nitrogen and oxygen atoms in total. The Hall–Kier alpha value is -1.90. The van der Waals surface area contributed by atoms with Gasteiger partial charge in [0, 0.05) is 0 Å². The van der Waals surface area contributed by atoms with Gasteiger partial charge in [-0.15, -0.1) is 0 Å². The minimum absolute atomic E-state index is 0.0196. The van der Waals surface area contributed by atoms with Gasteiger partial charge in [-0.2, -0.15) is 4.99 Å². The maximum Gasteiger partial charge on any atom is 0.155 e. The van der Waals surface area contributed by atoms with Crippen LogP contribution in [0.1, 0.15) is 41.5 Å². The summed E-state index contributed by atoms with van der Waals surface area (Å²) in [5, 5.41) is 2.33. The zero-order valence-corrected chi connectivity index (χ0v) is 14.2. The predicted molar refractivity (Wildman–Crippen MR) is 90.4 cm³/mol. The van der Waals surface area contributed by atoms with Gasteiger partial charge in [0.2, 0.25) is 0 Å². The van der Waals surface area contributed by atoms with Crippen molar-refractivity contribution in [2.75, 3.05) is 0 Å². The first-order valence-electron chi connectivity index (χ1n) is 6.55. The zero-order chi connectivity index (χ0) is 16.6. The molecule has 0 aliphatic carbocycles. The Morgan fingerprint density at radius 2 is 1.33 bits per heavy atom. The highest BCUT2D eigenvalue weighted by Crippen LogP contribution is 2.18. The average Bonchev–Trinajstić information content (AvgIpc) is 2.42. The quantitative estimate of drug-likeness (QED) is 0.316. The number of hydrogen-bond acceptors (Lipinski definition) is 4. The lowest BCUT2D eigenvalue weighted by molar-refractivity contribution is -0.114. The Kier molecular flexibility index (Phi) is 8.29. The molecule has 0 radical (unpaired) electrons. The highest BCUT2D eigenvalue weighted by atomic mass is 32.1. The molecule has 0 bridgehead atoms. The maximum absolute atomic E-state index is 11.3. The van der Waals surface area contributed by atoms with Gasteiger partial charge in [0.05, 0.1) is 10.9 Å². The van der Waals surface area contributed by atoms with E-state index in [4.69, 9.17) is 0 Å². The van der Waals surface area contributed by atoms with E-state index < -0.39 is 0 Å². The van der Waals surface area contributed by atoms with E-state index in [1.54, 1.807) is 26.0 Å². The molecule has 0 amide bonds. The molecule has 0 aliphatic rings. The fourth-order valence-electron chi connectivity index (χ4n) is 1.27. The van der Waals surface area contributed by atoms with Crippen molar-refractivity contribution in [2.45, 2.75) is 41.5 Å². The fourth-order valence-corrected chi connectivity index (χ4v) is 1.37. The molecule has 0 saturated heterocycles. The average molecular weight is 303 g/mol. The third-order valence-corrected chi connectivity index (χ3v) is 3.28. The van der Waals surface area contributed by atoms with E-state index in [2.05, 4.69) is 22.4 Å². The van der Waals surface area contributed by atoms with Crippen molar-refractivity contribution >= 4 is 28.9 Å². The zero-order valence-electron chi connectivity index (χ0n) is 13.4. The molecule has 0 N–H and O–H groups in total. The third kappa shape index (κ3) is 6.89.